The van der Waals surface area contributed by atoms with Crippen LogP contribution in [0.5, 0.6) is 0 Å². The fraction of sp³-hybridized carbons (Fsp3) is 0.214. The molecule has 1 atom stereocenters. The van der Waals surface area contributed by atoms with Crippen molar-refractivity contribution in [1.29, 1.82) is 0 Å². The van der Waals surface area contributed by atoms with Crippen LogP contribution in [0.25, 0.3) is 5.70 Å². The zero-order valence-electron chi connectivity index (χ0n) is 9.92. The number of thioether (sulfide) groups is 1. The minimum Gasteiger partial charge on any atom is -0.313 e. The van der Waals surface area contributed by atoms with E-state index in [1.54, 1.807) is 11.8 Å². The van der Waals surface area contributed by atoms with Gasteiger partial charge in [-0.3, -0.25) is 0 Å². The Morgan fingerprint density at radius 3 is 2.76 bits per heavy atom. The Labute approximate surface area is 106 Å². The molecule has 3 rings (SSSR count). The van der Waals surface area contributed by atoms with Gasteiger partial charge < -0.3 is 4.90 Å². The lowest BCUT2D eigenvalue weighted by Gasteiger charge is -2.30. The molecule has 86 valence electrons. The van der Waals surface area contributed by atoms with Gasteiger partial charge in [-0.1, -0.05) is 42.1 Å². The van der Waals surface area contributed by atoms with E-state index in [-0.39, 0.29) is 0 Å². The van der Waals surface area contributed by atoms with Crippen molar-refractivity contribution in [3.63, 3.8) is 0 Å². The third-order valence-electron chi connectivity index (χ3n) is 2.97. The van der Waals surface area contributed by atoms with Gasteiger partial charge in [-0.05, 0) is 25.5 Å². The van der Waals surface area contributed by atoms with Gasteiger partial charge in [-0.25, -0.2) is 4.99 Å². The minimum absolute atomic E-state index is 0.379. The second kappa shape index (κ2) is 4.08. The van der Waals surface area contributed by atoms with E-state index < -0.39 is 0 Å². The summed E-state index contributed by atoms with van der Waals surface area (Å²) >= 11 is 1.71. The molecular formula is C14H14N2S. The molecule has 0 N–H and O–H groups in total. The molecule has 0 bridgehead atoms. The first kappa shape index (κ1) is 10.7. The Kier molecular flexibility index (Phi) is 2.56. The van der Waals surface area contributed by atoms with Gasteiger partial charge in [0.25, 0.3) is 0 Å². The highest BCUT2D eigenvalue weighted by Gasteiger charge is 2.29. The Morgan fingerprint density at radius 2 is 2.00 bits per heavy atom. The van der Waals surface area contributed by atoms with Crippen LogP contribution in [0.2, 0.25) is 0 Å². The van der Waals surface area contributed by atoms with Crippen molar-refractivity contribution in [2.75, 3.05) is 0 Å². The first-order valence-electron chi connectivity index (χ1n) is 5.74. The summed E-state index contributed by atoms with van der Waals surface area (Å²) in [6.45, 7) is 4.27. The number of fused-ring (bicyclic) bond motifs is 1. The highest BCUT2D eigenvalue weighted by Crippen LogP contribution is 2.37. The molecule has 17 heavy (non-hydrogen) atoms. The Hall–Kier alpha value is -1.48. The third-order valence-corrected chi connectivity index (χ3v) is 3.81. The monoisotopic (exact) mass is 242 g/mol. The van der Waals surface area contributed by atoms with E-state index >= 15 is 0 Å². The summed E-state index contributed by atoms with van der Waals surface area (Å²) in [6, 6.07) is 10.9. The van der Waals surface area contributed by atoms with Gasteiger partial charge in [0.15, 0.2) is 5.17 Å². The Bertz CT molecular complexity index is 528. The smallest absolute Gasteiger partial charge is 0.173 e. The van der Waals surface area contributed by atoms with Crippen molar-refractivity contribution >= 4 is 22.6 Å². The van der Waals surface area contributed by atoms with Crippen molar-refractivity contribution in [1.82, 2.24) is 4.90 Å². The number of aliphatic imine (C=N–C) groups is 1. The maximum absolute atomic E-state index is 4.58. The molecular weight excluding hydrogens is 228 g/mol. The maximum atomic E-state index is 4.58. The minimum atomic E-state index is 0.379. The van der Waals surface area contributed by atoms with Crippen LogP contribution in [0.4, 0.5) is 0 Å². The van der Waals surface area contributed by atoms with E-state index in [1.807, 2.05) is 6.07 Å². The molecule has 1 unspecified atom stereocenters. The molecule has 1 aromatic carbocycles. The van der Waals surface area contributed by atoms with E-state index in [1.165, 1.54) is 11.3 Å². The second-order valence-electron chi connectivity index (χ2n) is 4.30. The van der Waals surface area contributed by atoms with Crippen LogP contribution in [-0.2, 0) is 0 Å². The summed E-state index contributed by atoms with van der Waals surface area (Å²) in [5.41, 5.74) is 3.62. The highest BCUT2D eigenvalue weighted by molar-refractivity contribution is 8.16. The number of allylic oxidation sites excluding steroid dienone is 1. The number of hydrogen-bond donors (Lipinski definition) is 0. The Morgan fingerprint density at radius 1 is 1.24 bits per heavy atom. The fourth-order valence-corrected chi connectivity index (χ4v) is 3.27. The molecule has 0 aliphatic carbocycles. The van der Waals surface area contributed by atoms with Gasteiger partial charge in [-0.2, -0.15) is 0 Å². The lowest BCUT2D eigenvalue weighted by Crippen LogP contribution is -2.33. The lowest BCUT2D eigenvalue weighted by atomic mass is 10.1. The maximum Gasteiger partial charge on any atom is 0.173 e. The van der Waals surface area contributed by atoms with Crippen LogP contribution in [0.15, 0.2) is 52.5 Å². The van der Waals surface area contributed by atoms with E-state index in [9.17, 15) is 0 Å². The average molecular weight is 242 g/mol. The fourth-order valence-electron chi connectivity index (χ4n) is 2.23. The summed E-state index contributed by atoms with van der Waals surface area (Å²) in [6.07, 6.45) is 2.20. The van der Waals surface area contributed by atoms with Gasteiger partial charge in [0, 0.05) is 11.1 Å². The van der Waals surface area contributed by atoms with Crippen molar-refractivity contribution in [2.24, 2.45) is 4.99 Å². The summed E-state index contributed by atoms with van der Waals surface area (Å²) < 4.78 is 0. The number of amidine groups is 1. The number of rotatable bonds is 1. The number of hydrogen-bond acceptors (Lipinski definition) is 3. The molecule has 0 saturated carbocycles. The zero-order chi connectivity index (χ0) is 11.8. The van der Waals surface area contributed by atoms with Gasteiger partial charge in [0.2, 0.25) is 0 Å². The van der Waals surface area contributed by atoms with Crippen LogP contribution in [0.3, 0.4) is 0 Å². The predicted octanol–water partition coefficient (Wildman–Crippen LogP) is 3.70. The third kappa shape index (κ3) is 1.80. The van der Waals surface area contributed by atoms with Crippen LogP contribution in [0, 0.1) is 0 Å². The van der Waals surface area contributed by atoms with Crippen molar-refractivity contribution < 1.29 is 0 Å². The molecule has 0 amide bonds. The predicted molar refractivity (Wildman–Crippen MR) is 74.5 cm³/mol. The van der Waals surface area contributed by atoms with Gasteiger partial charge in [-0.15, -0.1) is 0 Å². The molecule has 0 fully saturated rings. The van der Waals surface area contributed by atoms with Crippen molar-refractivity contribution in [3.8, 4) is 0 Å². The molecule has 2 heterocycles. The standard InChI is InChI=1S/C14H14N2S/c1-10-8-11(2)16-13(9-17-14(16)15-10)12-6-4-3-5-7-12/h3-9,11H,1-2H3. The Balaban J connectivity index is 1.99. The molecule has 2 aliphatic heterocycles. The van der Waals surface area contributed by atoms with Gasteiger partial charge in [0.05, 0.1) is 11.7 Å². The molecule has 0 spiro atoms. The molecule has 3 heteroatoms. The zero-order valence-corrected chi connectivity index (χ0v) is 10.7. The topological polar surface area (TPSA) is 15.6 Å². The quantitative estimate of drug-likeness (QED) is 0.746. The van der Waals surface area contributed by atoms with Crippen LogP contribution in [-0.4, -0.2) is 16.1 Å². The first-order chi connectivity index (χ1) is 8.25. The first-order valence-corrected chi connectivity index (χ1v) is 6.62. The largest absolute Gasteiger partial charge is 0.313 e. The summed E-state index contributed by atoms with van der Waals surface area (Å²) in [7, 11) is 0. The van der Waals surface area contributed by atoms with Crippen LogP contribution in [0.1, 0.15) is 19.4 Å². The van der Waals surface area contributed by atoms with E-state index in [2.05, 4.69) is 59.5 Å². The van der Waals surface area contributed by atoms with Crippen molar-refractivity contribution in [2.45, 2.75) is 19.9 Å². The SMILES string of the molecule is CC1=CC(C)N2C(c3ccccc3)=CSC2=N1. The van der Waals surface area contributed by atoms with Crippen molar-refractivity contribution in [3.05, 3.63) is 53.1 Å². The van der Waals surface area contributed by atoms with Crippen LogP contribution < -0.4 is 0 Å². The van der Waals surface area contributed by atoms with Crippen LogP contribution >= 0.6 is 11.8 Å². The highest BCUT2D eigenvalue weighted by atomic mass is 32.2. The number of benzene rings is 1. The van der Waals surface area contributed by atoms with E-state index in [0.717, 1.165) is 10.9 Å². The molecule has 2 nitrogen and oxygen atoms in total. The van der Waals surface area contributed by atoms with E-state index in [0.29, 0.717) is 6.04 Å². The molecule has 0 saturated heterocycles. The van der Waals surface area contributed by atoms with E-state index in [4.69, 9.17) is 0 Å². The normalized spacial score (nSPS) is 22.8. The summed E-state index contributed by atoms with van der Waals surface area (Å²) in [4.78, 5) is 6.88. The summed E-state index contributed by atoms with van der Waals surface area (Å²) in [5.74, 6) is 0. The molecule has 1 aromatic rings. The number of nitrogens with zero attached hydrogens (tertiary/aromatic N) is 2. The summed E-state index contributed by atoms with van der Waals surface area (Å²) in [5, 5.41) is 3.29. The average Bonchev–Trinajstić information content (AvgIpc) is 2.74. The second-order valence-corrected chi connectivity index (χ2v) is 5.14. The molecule has 0 aromatic heterocycles. The molecule has 0 radical (unpaired) electrons. The van der Waals surface area contributed by atoms with Gasteiger partial charge >= 0.3 is 0 Å². The van der Waals surface area contributed by atoms with Gasteiger partial charge in [0.1, 0.15) is 0 Å². The molecule has 2 aliphatic rings. The lowest BCUT2D eigenvalue weighted by molar-refractivity contribution is 0.520.